The van der Waals surface area contributed by atoms with Crippen LogP contribution in [0, 0.1) is 0 Å². The largest absolute Gasteiger partial charge is 0.493 e. The molecule has 1 amide bonds. The van der Waals surface area contributed by atoms with Gasteiger partial charge in [-0.05, 0) is 49.8 Å². The van der Waals surface area contributed by atoms with Gasteiger partial charge >= 0.3 is 0 Å². The second kappa shape index (κ2) is 8.49. The van der Waals surface area contributed by atoms with Gasteiger partial charge in [-0.25, -0.2) is 0 Å². The molecular weight excluding hydrogens is 346 g/mol. The summed E-state index contributed by atoms with van der Waals surface area (Å²) in [5.74, 6) is 2.37. The second-order valence-electron chi connectivity index (χ2n) is 6.26. The fourth-order valence-corrected chi connectivity index (χ4v) is 2.62. The van der Waals surface area contributed by atoms with E-state index in [1.54, 1.807) is 31.4 Å². The Balaban J connectivity index is 1.66. The van der Waals surface area contributed by atoms with Crippen LogP contribution in [0.5, 0.6) is 23.0 Å². The summed E-state index contributed by atoms with van der Waals surface area (Å²) in [7, 11) is 1.59. The molecule has 0 bridgehead atoms. The lowest BCUT2D eigenvalue weighted by atomic mass is 10.2. The minimum absolute atomic E-state index is 0.0528. The van der Waals surface area contributed by atoms with Crippen molar-refractivity contribution in [3.63, 3.8) is 0 Å². The molecule has 3 rings (SSSR count). The van der Waals surface area contributed by atoms with Gasteiger partial charge in [0.25, 0.3) is 0 Å². The second-order valence-corrected chi connectivity index (χ2v) is 6.26. The van der Waals surface area contributed by atoms with Crippen LogP contribution in [0.25, 0.3) is 6.08 Å². The predicted octanol–water partition coefficient (Wildman–Crippen LogP) is 3.91. The van der Waals surface area contributed by atoms with Gasteiger partial charge in [0.1, 0.15) is 13.2 Å². The number of hydrogen-bond donors (Lipinski definition) is 1. The van der Waals surface area contributed by atoms with E-state index in [0.29, 0.717) is 41.9 Å². The molecule has 6 nitrogen and oxygen atoms in total. The topological polar surface area (TPSA) is 66.0 Å². The van der Waals surface area contributed by atoms with E-state index in [9.17, 15) is 4.79 Å². The summed E-state index contributed by atoms with van der Waals surface area (Å²) >= 11 is 0. The van der Waals surface area contributed by atoms with Gasteiger partial charge in [-0.3, -0.25) is 4.79 Å². The van der Waals surface area contributed by atoms with E-state index in [1.807, 2.05) is 32.0 Å². The third-order valence-electron chi connectivity index (χ3n) is 3.79. The lowest BCUT2D eigenvalue weighted by molar-refractivity contribution is -0.111. The smallest absolute Gasteiger partial charge is 0.248 e. The molecule has 6 heteroatoms. The van der Waals surface area contributed by atoms with Gasteiger partial charge in [0.15, 0.2) is 23.0 Å². The van der Waals surface area contributed by atoms with E-state index in [1.165, 1.54) is 6.08 Å². The predicted molar refractivity (Wildman–Crippen MR) is 104 cm³/mol. The molecule has 1 heterocycles. The third-order valence-corrected chi connectivity index (χ3v) is 3.79. The van der Waals surface area contributed by atoms with Crippen LogP contribution in [0.4, 0.5) is 5.69 Å². The van der Waals surface area contributed by atoms with Crippen molar-refractivity contribution in [2.24, 2.45) is 0 Å². The van der Waals surface area contributed by atoms with Crippen molar-refractivity contribution >= 4 is 17.7 Å². The number of ether oxygens (including phenoxy) is 4. The molecule has 0 saturated carbocycles. The molecule has 2 aromatic carbocycles. The van der Waals surface area contributed by atoms with Crippen LogP contribution in [0.3, 0.4) is 0 Å². The minimum atomic E-state index is -0.242. The molecule has 1 aliphatic rings. The van der Waals surface area contributed by atoms with E-state index >= 15 is 0 Å². The molecule has 0 fully saturated rings. The summed E-state index contributed by atoms with van der Waals surface area (Å²) in [6.45, 7) is 4.94. The molecule has 27 heavy (non-hydrogen) atoms. The first kappa shape index (κ1) is 18.6. The number of anilines is 1. The third kappa shape index (κ3) is 4.94. The highest BCUT2D eigenvalue weighted by atomic mass is 16.6. The molecule has 0 spiro atoms. The number of hydrogen-bond acceptors (Lipinski definition) is 5. The molecule has 0 atom stereocenters. The molecule has 0 unspecified atom stereocenters. The van der Waals surface area contributed by atoms with Crippen LogP contribution in [0.1, 0.15) is 19.4 Å². The Kier molecular flexibility index (Phi) is 5.86. The molecule has 1 aliphatic heterocycles. The maximum atomic E-state index is 12.2. The van der Waals surface area contributed by atoms with Gasteiger partial charge in [0.05, 0.1) is 13.2 Å². The molecule has 0 radical (unpaired) electrons. The van der Waals surface area contributed by atoms with Crippen molar-refractivity contribution in [1.82, 2.24) is 0 Å². The van der Waals surface area contributed by atoms with Crippen LogP contribution in [-0.2, 0) is 4.79 Å². The van der Waals surface area contributed by atoms with Crippen LogP contribution < -0.4 is 24.3 Å². The summed E-state index contributed by atoms with van der Waals surface area (Å²) in [6.07, 6.45) is 3.24. The number of benzene rings is 2. The number of nitrogens with one attached hydrogen (secondary N) is 1. The van der Waals surface area contributed by atoms with E-state index in [2.05, 4.69) is 5.32 Å². The number of carbonyl (C=O) groups excluding carboxylic acids is 1. The maximum Gasteiger partial charge on any atom is 0.248 e. The van der Waals surface area contributed by atoms with Crippen LogP contribution in [-0.4, -0.2) is 32.3 Å². The number of amides is 1. The zero-order valence-electron chi connectivity index (χ0n) is 15.7. The molecule has 0 aliphatic carbocycles. The normalized spacial score (nSPS) is 12.9. The zero-order valence-corrected chi connectivity index (χ0v) is 15.7. The monoisotopic (exact) mass is 369 g/mol. The number of carbonyl (C=O) groups is 1. The highest BCUT2D eigenvalue weighted by molar-refractivity contribution is 6.02. The van der Waals surface area contributed by atoms with Crippen LogP contribution in [0.2, 0.25) is 0 Å². The average Bonchev–Trinajstić information content (AvgIpc) is 2.66. The van der Waals surface area contributed by atoms with Crippen molar-refractivity contribution < 1.29 is 23.7 Å². The highest BCUT2D eigenvalue weighted by Crippen LogP contribution is 2.32. The number of rotatable bonds is 6. The highest BCUT2D eigenvalue weighted by Gasteiger charge is 2.12. The van der Waals surface area contributed by atoms with Gasteiger partial charge in [-0.1, -0.05) is 6.07 Å². The fraction of sp³-hybridized carbons (Fsp3) is 0.286. The summed E-state index contributed by atoms with van der Waals surface area (Å²) in [5, 5.41) is 2.81. The maximum absolute atomic E-state index is 12.2. The van der Waals surface area contributed by atoms with E-state index in [-0.39, 0.29) is 12.0 Å². The standard InChI is InChI=1S/C21H23NO5/c1-14(2)27-18-7-4-15(12-19(18)24-3)5-9-21(23)22-16-6-8-17-20(13-16)26-11-10-25-17/h4-9,12-14H,10-11H2,1-3H3,(H,22,23). The zero-order chi connectivity index (χ0) is 19.2. The van der Waals surface area contributed by atoms with E-state index in [4.69, 9.17) is 18.9 Å². The Labute approximate surface area is 158 Å². The van der Waals surface area contributed by atoms with Gasteiger partial charge in [0.2, 0.25) is 5.91 Å². The molecule has 142 valence electrons. The molecular formula is C21H23NO5. The Morgan fingerprint density at radius 3 is 2.59 bits per heavy atom. The Morgan fingerprint density at radius 1 is 1.07 bits per heavy atom. The lowest BCUT2D eigenvalue weighted by Gasteiger charge is -2.18. The average molecular weight is 369 g/mol. The van der Waals surface area contributed by atoms with Gasteiger partial charge in [0, 0.05) is 17.8 Å². The molecule has 0 aromatic heterocycles. The van der Waals surface area contributed by atoms with Crippen LogP contribution >= 0.6 is 0 Å². The van der Waals surface area contributed by atoms with Crippen molar-refractivity contribution in [3.8, 4) is 23.0 Å². The summed E-state index contributed by atoms with van der Waals surface area (Å²) in [5.41, 5.74) is 1.48. The van der Waals surface area contributed by atoms with Crippen molar-refractivity contribution in [2.75, 3.05) is 25.6 Å². The SMILES string of the molecule is COc1cc(C=CC(=O)Nc2ccc3c(c2)OCCO3)ccc1OC(C)C. The number of methoxy groups -OCH3 is 1. The first-order valence-electron chi connectivity index (χ1n) is 8.78. The Hall–Kier alpha value is -3.15. The van der Waals surface area contributed by atoms with Crippen molar-refractivity contribution in [2.45, 2.75) is 20.0 Å². The summed E-state index contributed by atoms with van der Waals surface area (Å²) in [6, 6.07) is 10.8. The minimum Gasteiger partial charge on any atom is -0.493 e. The van der Waals surface area contributed by atoms with Gasteiger partial charge in [-0.2, -0.15) is 0 Å². The van der Waals surface area contributed by atoms with E-state index in [0.717, 1.165) is 5.56 Å². The van der Waals surface area contributed by atoms with E-state index < -0.39 is 0 Å². The van der Waals surface area contributed by atoms with Gasteiger partial charge < -0.3 is 24.3 Å². The number of fused-ring (bicyclic) bond motifs is 1. The summed E-state index contributed by atoms with van der Waals surface area (Å²) < 4.78 is 22.0. The van der Waals surface area contributed by atoms with Crippen LogP contribution in [0.15, 0.2) is 42.5 Å². The quantitative estimate of drug-likeness (QED) is 0.782. The lowest BCUT2D eigenvalue weighted by Crippen LogP contribution is -2.16. The molecule has 2 aromatic rings. The van der Waals surface area contributed by atoms with Gasteiger partial charge in [-0.15, -0.1) is 0 Å². The van der Waals surface area contributed by atoms with Crippen molar-refractivity contribution in [1.29, 1.82) is 0 Å². The molecule has 1 N–H and O–H groups in total. The first-order valence-corrected chi connectivity index (χ1v) is 8.78. The Morgan fingerprint density at radius 2 is 1.85 bits per heavy atom. The molecule has 0 saturated heterocycles. The Bertz CT molecular complexity index is 844. The summed E-state index contributed by atoms with van der Waals surface area (Å²) in [4.78, 5) is 12.2. The first-order chi connectivity index (χ1) is 13.0. The fourth-order valence-electron chi connectivity index (χ4n) is 2.62. The van der Waals surface area contributed by atoms with Crippen molar-refractivity contribution in [3.05, 3.63) is 48.0 Å².